The van der Waals surface area contributed by atoms with Crippen LogP contribution in [0.4, 0.5) is 9.52 Å². The number of hydrogen-bond donors (Lipinski definition) is 1. The van der Waals surface area contributed by atoms with Crippen molar-refractivity contribution in [1.29, 1.82) is 0 Å². The van der Waals surface area contributed by atoms with E-state index in [0.29, 0.717) is 29.4 Å². The van der Waals surface area contributed by atoms with E-state index in [4.69, 9.17) is 15.2 Å². The van der Waals surface area contributed by atoms with Gasteiger partial charge >= 0.3 is 0 Å². The molecule has 7 heteroatoms. The maximum Gasteiger partial charge on any atom is 0.243 e. The zero-order chi connectivity index (χ0) is 13.4. The van der Waals surface area contributed by atoms with E-state index in [0.717, 1.165) is 17.5 Å². The largest absolute Gasteiger partial charge is 0.479 e. The van der Waals surface area contributed by atoms with Crippen molar-refractivity contribution in [1.82, 2.24) is 9.97 Å². The molecule has 0 unspecified atom stereocenters. The summed E-state index contributed by atoms with van der Waals surface area (Å²) < 4.78 is 25.4. The number of ether oxygens (including phenoxy) is 2. The Morgan fingerprint density at radius 1 is 1.37 bits per heavy atom. The quantitative estimate of drug-likeness (QED) is 0.856. The summed E-state index contributed by atoms with van der Waals surface area (Å²) in [5, 5.41) is 0.397. The van der Waals surface area contributed by atoms with Crippen molar-refractivity contribution < 1.29 is 13.9 Å². The van der Waals surface area contributed by atoms with Crippen LogP contribution in [-0.4, -0.2) is 30.3 Å². The predicted octanol–water partition coefficient (Wildman–Crippen LogP) is 2.32. The molecule has 3 heterocycles. The second-order valence-corrected chi connectivity index (χ2v) is 5.47. The van der Waals surface area contributed by atoms with Crippen LogP contribution in [0.2, 0.25) is 0 Å². The minimum Gasteiger partial charge on any atom is -0.479 e. The Morgan fingerprint density at radius 3 is 2.79 bits per heavy atom. The van der Waals surface area contributed by atoms with Gasteiger partial charge in [0.25, 0.3) is 0 Å². The Labute approximate surface area is 113 Å². The predicted molar refractivity (Wildman–Crippen MR) is 71.1 cm³/mol. The van der Waals surface area contributed by atoms with Crippen molar-refractivity contribution in [2.75, 3.05) is 26.1 Å². The van der Waals surface area contributed by atoms with Crippen LogP contribution in [0.3, 0.4) is 0 Å². The van der Waals surface area contributed by atoms with Crippen LogP contribution < -0.4 is 10.5 Å². The third-order valence-corrected chi connectivity index (χ3v) is 4.25. The van der Waals surface area contributed by atoms with Crippen LogP contribution in [0.5, 0.6) is 5.88 Å². The Bertz CT molecular complexity index is 611. The molecule has 0 spiro atoms. The number of nitrogens with two attached hydrogens (primary N) is 1. The molecule has 1 fully saturated rings. The van der Waals surface area contributed by atoms with Gasteiger partial charge in [-0.15, -0.1) is 0 Å². The molecule has 1 saturated heterocycles. The summed E-state index contributed by atoms with van der Waals surface area (Å²) in [5.74, 6) is -0.189. The van der Waals surface area contributed by atoms with Crippen LogP contribution >= 0.6 is 11.3 Å². The molecular formula is C12H14FN3O2S. The van der Waals surface area contributed by atoms with Crippen molar-refractivity contribution in [3.8, 4) is 5.88 Å². The Morgan fingerprint density at radius 2 is 2.11 bits per heavy atom. The number of aromatic nitrogens is 2. The van der Waals surface area contributed by atoms with Gasteiger partial charge in [0.15, 0.2) is 5.13 Å². The zero-order valence-corrected chi connectivity index (χ0v) is 11.3. The lowest BCUT2D eigenvalue weighted by Crippen LogP contribution is -2.16. The Kier molecular flexibility index (Phi) is 3.24. The van der Waals surface area contributed by atoms with Gasteiger partial charge in [-0.1, -0.05) is 11.3 Å². The molecule has 1 aliphatic heterocycles. The highest BCUT2D eigenvalue weighted by Crippen LogP contribution is 2.40. The zero-order valence-electron chi connectivity index (χ0n) is 10.5. The van der Waals surface area contributed by atoms with E-state index >= 15 is 0 Å². The molecule has 0 atom stereocenters. The van der Waals surface area contributed by atoms with Gasteiger partial charge in [-0.3, -0.25) is 0 Å². The molecule has 1 aliphatic rings. The van der Waals surface area contributed by atoms with Crippen molar-refractivity contribution in [2.24, 2.45) is 0 Å². The summed E-state index contributed by atoms with van der Waals surface area (Å²) in [7, 11) is 1.45. The third-order valence-electron chi connectivity index (χ3n) is 3.34. The number of fused-ring (bicyclic) bond motifs is 1. The normalized spacial score (nSPS) is 16.9. The molecule has 0 aliphatic carbocycles. The molecule has 0 bridgehead atoms. The Balaban J connectivity index is 2.19. The maximum absolute atomic E-state index is 14.3. The number of hydrogen-bond acceptors (Lipinski definition) is 6. The molecular weight excluding hydrogens is 269 g/mol. The molecule has 2 N–H and O–H groups in total. The lowest BCUT2D eigenvalue weighted by atomic mass is 9.92. The topological polar surface area (TPSA) is 70.3 Å². The fourth-order valence-corrected chi connectivity index (χ4v) is 3.38. The van der Waals surface area contributed by atoms with E-state index in [1.807, 2.05) is 0 Å². The first kappa shape index (κ1) is 12.6. The SMILES string of the molecule is COc1nc(F)c(C2CCOCC2)c2sc(N)nc12. The van der Waals surface area contributed by atoms with E-state index in [1.54, 1.807) is 0 Å². The van der Waals surface area contributed by atoms with Crippen molar-refractivity contribution in [3.05, 3.63) is 11.5 Å². The van der Waals surface area contributed by atoms with E-state index < -0.39 is 5.95 Å². The summed E-state index contributed by atoms with van der Waals surface area (Å²) in [6.45, 7) is 1.29. The molecule has 0 radical (unpaired) electrons. The number of rotatable bonds is 2. The van der Waals surface area contributed by atoms with Crippen LogP contribution in [0.25, 0.3) is 10.2 Å². The minimum absolute atomic E-state index is 0.106. The summed E-state index contributed by atoms with van der Waals surface area (Å²) in [5.41, 5.74) is 6.89. The molecule has 102 valence electrons. The number of thiazole rings is 1. The molecule has 5 nitrogen and oxygen atoms in total. The standard InChI is InChI=1S/C12H14FN3O2S/c1-17-11-8-9(19-12(14)15-8)7(10(13)16-11)6-2-4-18-5-3-6/h6H,2-5H2,1H3,(H2,14,15). The van der Waals surface area contributed by atoms with Crippen LogP contribution in [0, 0.1) is 5.95 Å². The number of nitrogens with zero attached hydrogens (tertiary/aromatic N) is 2. The van der Waals surface area contributed by atoms with E-state index in [9.17, 15) is 4.39 Å². The van der Waals surface area contributed by atoms with Gasteiger partial charge in [-0.25, -0.2) is 4.98 Å². The van der Waals surface area contributed by atoms with Gasteiger partial charge in [-0.05, 0) is 18.8 Å². The van der Waals surface area contributed by atoms with Gasteiger partial charge in [-0.2, -0.15) is 9.37 Å². The lowest BCUT2D eigenvalue weighted by molar-refractivity contribution is 0.0848. The fraction of sp³-hybridized carbons (Fsp3) is 0.500. The molecule has 2 aromatic heterocycles. The number of nitrogen functional groups attached to an aromatic ring is 1. The average molecular weight is 283 g/mol. The van der Waals surface area contributed by atoms with E-state index in [1.165, 1.54) is 18.4 Å². The number of anilines is 1. The van der Waals surface area contributed by atoms with Gasteiger partial charge < -0.3 is 15.2 Å². The van der Waals surface area contributed by atoms with Crippen molar-refractivity contribution in [2.45, 2.75) is 18.8 Å². The van der Waals surface area contributed by atoms with E-state index in [-0.39, 0.29) is 11.8 Å². The third kappa shape index (κ3) is 2.12. The number of methoxy groups -OCH3 is 1. The second-order valence-electron chi connectivity index (χ2n) is 4.44. The van der Waals surface area contributed by atoms with Crippen molar-refractivity contribution in [3.63, 3.8) is 0 Å². The first-order valence-corrected chi connectivity index (χ1v) is 6.89. The molecule has 0 saturated carbocycles. The summed E-state index contributed by atoms with van der Waals surface area (Å²) in [4.78, 5) is 8.06. The van der Waals surface area contributed by atoms with Gasteiger partial charge in [0.05, 0.1) is 11.8 Å². The van der Waals surface area contributed by atoms with Crippen molar-refractivity contribution >= 4 is 26.7 Å². The van der Waals surface area contributed by atoms with Crippen LogP contribution in [0.1, 0.15) is 24.3 Å². The van der Waals surface area contributed by atoms with E-state index in [2.05, 4.69) is 9.97 Å². The number of halogens is 1. The summed E-state index contributed by atoms with van der Waals surface area (Å²) in [6, 6.07) is 0. The molecule has 2 aromatic rings. The first-order chi connectivity index (χ1) is 9.20. The smallest absolute Gasteiger partial charge is 0.243 e. The monoisotopic (exact) mass is 283 g/mol. The summed E-state index contributed by atoms with van der Waals surface area (Å²) in [6.07, 6.45) is 1.58. The maximum atomic E-state index is 14.3. The van der Waals surface area contributed by atoms with Gasteiger partial charge in [0, 0.05) is 18.8 Å². The molecule has 0 amide bonds. The Hall–Kier alpha value is -1.47. The van der Waals surface area contributed by atoms with Crippen LogP contribution in [0.15, 0.2) is 0 Å². The molecule has 19 heavy (non-hydrogen) atoms. The summed E-state index contributed by atoms with van der Waals surface area (Å²) >= 11 is 1.28. The highest BCUT2D eigenvalue weighted by Gasteiger charge is 2.26. The lowest BCUT2D eigenvalue weighted by Gasteiger charge is -2.22. The molecule has 0 aromatic carbocycles. The van der Waals surface area contributed by atoms with Gasteiger partial charge in [0.1, 0.15) is 5.52 Å². The minimum atomic E-state index is -0.486. The number of pyridine rings is 1. The molecule has 3 rings (SSSR count). The fourth-order valence-electron chi connectivity index (χ4n) is 2.44. The second kappa shape index (κ2) is 4.90. The highest BCUT2D eigenvalue weighted by atomic mass is 32.1. The van der Waals surface area contributed by atoms with Crippen LogP contribution in [-0.2, 0) is 4.74 Å². The van der Waals surface area contributed by atoms with Gasteiger partial charge in [0.2, 0.25) is 11.8 Å². The average Bonchev–Trinajstić information content (AvgIpc) is 2.80. The highest BCUT2D eigenvalue weighted by molar-refractivity contribution is 7.22. The first-order valence-electron chi connectivity index (χ1n) is 6.08.